The number of aryl methyl sites for hydroxylation is 1. The third kappa shape index (κ3) is 4.54. The van der Waals surface area contributed by atoms with Crippen LogP contribution >= 0.6 is 0 Å². The molecule has 0 aliphatic heterocycles. The van der Waals surface area contributed by atoms with Gasteiger partial charge in [-0.25, -0.2) is 0 Å². The van der Waals surface area contributed by atoms with Gasteiger partial charge in [0.2, 0.25) is 5.78 Å². The van der Waals surface area contributed by atoms with E-state index < -0.39 is 0 Å². The minimum absolute atomic E-state index is 0.0828. The molecule has 26 heavy (non-hydrogen) atoms. The molecule has 1 amide bonds. The Kier molecular flexibility index (Phi) is 6.61. The van der Waals surface area contributed by atoms with Crippen molar-refractivity contribution in [3.63, 3.8) is 0 Å². The number of hydrogen-bond donors (Lipinski definition) is 1. The summed E-state index contributed by atoms with van der Waals surface area (Å²) in [7, 11) is 1.57. The molecule has 2 rings (SSSR count). The van der Waals surface area contributed by atoms with Crippen LogP contribution in [0.4, 0.5) is 0 Å². The summed E-state index contributed by atoms with van der Waals surface area (Å²) in [5.74, 6) is 0.703. The number of amides is 1. The normalized spacial score (nSPS) is 10.8. The molecule has 1 heterocycles. The number of rotatable bonds is 8. The first kappa shape index (κ1) is 19.8. The van der Waals surface area contributed by atoms with Crippen LogP contribution in [-0.4, -0.2) is 29.9 Å². The number of aromatic nitrogens is 1. The molecule has 1 aromatic carbocycles. The summed E-state index contributed by atoms with van der Waals surface area (Å²) in [4.78, 5) is 24.6. The minimum atomic E-state index is -0.236. The first-order valence-corrected chi connectivity index (χ1v) is 8.99. The van der Waals surface area contributed by atoms with Crippen LogP contribution in [0.1, 0.15) is 52.4 Å². The Bertz CT molecular complexity index is 791. The lowest BCUT2D eigenvalue weighted by Crippen LogP contribution is -2.20. The fourth-order valence-electron chi connectivity index (χ4n) is 2.95. The van der Waals surface area contributed by atoms with E-state index in [1.165, 1.54) is 0 Å². The number of Topliss-reactive ketones (excluding diaryl/α,β-unsaturated/α-hetero) is 1. The number of nitrogens with one attached hydrogen (secondary N) is 1. The molecule has 0 saturated heterocycles. The fraction of sp³-hybridized carbons (Fsp3) is 0.429. The number of hydrogen-bond acceptors (Lipinski definition) is 3. The van der Waals surface area contributed by atoms with E-state index in [0.29, 0.717) is 22.8 Å². The number of ether oxygens (including phenoxy) is 1. The van der Waals surface area contributed by atoms with Crippen molar-refractivity contribution in [2.45, 2.75) is 40.7 Å². The predicted molar refractivity (Wildman–Crippen MR) is 103 cm³/mol. The molecule has 0 saturated carbocycles. The van der Waals surface area contributed by atoms with E-state index >= 15 is 0 Å². The summed E-state index contributed by atoms with van der Waals surface area (Å²) in [6.45, 7) is 9.19. The molecule has 0 spiro atoms. The van der Waals surface area contributed by atoms with Gasteiger partial charge in [0.25, 0.3) is 5.91 Å². The first-order valence-electron chi connectivity index (χ1n) is 8.99. The fourth-order valence-corrected chi connectivity index (χ4v) is 2.95. The van der Waals surface area contributed by atoms with Crippen molar-refractivity contribution in [2.75, 3.05) is 13.7 Å². The molecule has 0 radical (unpaired) electrons. The highest BCUT2D eigenvalue weighted by molar-refractivity contribution is 5.99. The molecule has 140 valence electrons. The van der Waals surface area contributed by atoms with Gasteiger partial charge in [-0.3, -0.25) is 9.59 Å². The molecule has 1 N–H and O–H groups in total. The number of benzene rings is 1. The average Bonchev–Trinajstić information content (AvgIpc) is 2.91. The molecular weight excluding hydrogens is 328 g/mol. The van der Waals surface area contributed by atoms with Gasteiger partial charge in [0, 0.05) is 30.5 Å². The van der Waals surface area contributed by atoms with Crippen LogP contribution in [0, 0.1) is 19.8 Å². The van der Waals surface area contributed by atoms with E-state index in [-0.39, 0.29) is 18.3 Å². The van der Waals surface area contributed by atoms with Crippen LogP contribution in [0.5, 0.6) is 5.75 Å². The summed E-state index contributed by atoms with van der Waals surface area (Å²) < 4.78 is 7.85. The van der Waals surface area contributed by atoms with Gasteiger partial charge < -0.3 is 14.6 Å². The van der Waals surface area contributed by atoms with Crippen LogP contribution in [0.15, 0.2) is 30.3 Å². The smallest absolute Gasteiger partial charge is 0.254 e. The number of nitrogens with zero attached hydrogens (tertiary/aromatic N) is 1. The quantitative estimate of drug-likeness (QED) is 0.733. The van der Waals surface area contributed by atoms with Crippen LogP contribution in [0.2, 0.25) is 0 Å². The molecule has 0 aliphatic rings. The van der Waals surface area contributed by atoms with Crippen molar-refractivity contribution in [1.29, 1.82) is 0 Å². The maximum atomic E-state index is 12.7. The summed E-state index contributed by atoms with van der Waals surface area (Å²) in [6.07, 6.45) is 1.07. The van der Waals surface area contributed by atoms with Crippen LogP contribution < -0.4 is 10.1 Å². The van der Waals surface area contributed by atoms with Gasteiger partial charge in [0.15, 0.2) is 6.61 Å². The van der Waals surface area contributed by atoms with Gasteiger partial charge in [-0.05, 0) is 44.4 Å². The molecule has 5 nitrogen and oxygen atoms in total. The monoisotopic (exact) mass is 356 g/mol. The highest BCUT2D eigenvalue weighted by Gasteiger charge is 2.18. The molecule has 0 unspecified atom stereocenters. The second kappa shape index (κ2) is 8.70. The SMILES string of the molecule is CNC(=O)c1ccccc1OCC(=O)c1cc(C)n(CCC(C)C)c1C. The Labute approximate surface area is 155 Å². The molecule has 2 aromatic rings. The van der Waals surface area contributed by atoms with E-state index in [2.05, 4.69) is 23.7 Å². The van der Waals surface area contributed by atoms with E-state index in [1.807, 2.05) is 19.9 Å². The van der Waals surface area contributed by atoms with Crippen LogP contribution in [0.3, 0.4) is 0 Å². The topological polar surface area (TPSA) is 60.3 Å². The predicted octanol–water partition coefficient (Wildman–Crippen LogP) is 3.77. The van der Waals surface area contributed by atoms with Gasteiger partial charge in [-0.1, -0.05) is 26.0 Å². The highest BCUT2D eigenvalue weighted by Crippen LogP contribution is 2.20. The summed E-state index contributed by atoms with van der Waals surface area (Å²) in [5, 5.41) is 2.58. The molecule has 5 heteroatoms. The van der Waals surface area contributed by atoms with Gasteiger partial charge in [0.05, 0.1) is 5.56 Å². The van der Waals surface area contributed by atoms with Crippen molar-refractivity contribution >= 4 is 11.7 Å². The van der Waals surface area contributed by atoms with Crippen molar-refractivity contribution in [3.05, 3.63) is 52.8 Å². The Morgan fingerprint density at radius 3 is 2.50 bits per heavy atom. The Hall–Kier alpha value is -2.56. The van der Waals surface area contributed by atoms with Crippen LogP contribution in [-0.2, 0) is 6.54 Å². The zero-order chi connectivity index (χ0) is 19.3. The number of para-hydroxylation sites is 1. The lowest BCUT2D eigenvalue weighted by molar-refractivity contribution is 0.0905. The lowest BCUT2D eigenvalue weighted by atomic mass is 10.1. The van der Waals surface area contributed by atoms with Crippen molar-refractivity contribution in [3.8, 4) is 5.75 Å². The number of ketones is 1. The maximum Gasteiger partial charge on any atom is 0.254 e. The zero-order valence-corrected chi connectivity index (χ0v) is 16.3. The molecule has 0 bridgehead atoms. The van der Waals surface area contributed by atoms with Crippen LogP contribution in [0.25, 0.3) is 0 Å². The van der Waals surface area contributed by atoms with Gasteiger partial charge in [-0.15, -0.1) is 0 Å². The van der Waals surface area contributed by atoms with Gasteiger partial charge in [0.1, 0.15) is 5.75 Å². The first-order chi connectivity index (χ1) is 12.3. The standard InChI is InChI=1S/C21H28N2O3/c1-14(2)10-11-23-15(3)12-18(16(23)4)19(24)13-26-20-9-7-6-8-17(20)21(25)22-5/h6-9,12,14H,10-11,13H2,1-5H3,(H,22,25). The number of carbonyl (C=O) groups is 2. The molecular formula is C21H28N2O3. The number of carbonyl (C=O) groups excluding carboxylic acids is 2. The lowest BCUT2D eigenvalue weighted by Gasteiger charge is -2.12. The van der Waals surface area contributed by atoms with E-state index in [4.69, 9.17) is 4.74 Å². The average molecular weight is 356 g/mol. The zero-order valence-electron chi connectivity index (χ0n) is 16.3. The molecule has 0 atom stereocenters. The van der Waals surface area contributed by atoms with E-state index in [9.17, 15) is 9.59 Å². The Morgan fingerprint density at radius 2 is 1.85 bits per heavy atom. The van der Waals surface area contributed by atoms with Gasteiger partial charge >= 0.3 is 0 Å². The van der Waals surface area contributed by atoms with E-state index in [1.54, 1.807) is 31.3 Å². The maximum absolute atomic E-state index is 12.7. The molecule has 0 fully saturated rings. The highest BCUT2D eigenvalue weighted by atomic mass is 16.5. The van der Waals surface area contributed by atoms with Crippen molar-refractivity contribution in [1.82, 2.24) is 9.88 Å². The summed E-state index contributed by atoms with van der Waals surface area (Å²) in [5.41, 5.74) is 3.16. The second-order valence-electron chi connectivity index (χ2n) is 6.91. The Balaban J connectivity index is 2.12. The molecule has 0 aliphatic carbocycles. The second-order valence-corrected chi connectivity index (χ2v) is 6.91. The van der Waals surface area contributed by atoms with Crippen molar-refractivity contribution < 1.29 is 14.3 Å². The Morgan fingerprint density at radius 1 is 1.15 bits per heavy atom. The minimum Gasteiger partial charge on any atom is -0.485 e. The van der Waals surface area contributed by atoms with Gasteiger partial charge in [-0.2, -0.15) is 0 Å². The molecule has 1 aromatic heterocycles. The third-order valence-corrected chi connectivity index (χ3v) is 4.52. The third-order valence-electron chi connectivity index (χ3n) is 4.52. The van der Waals surface area contributed by atoms with Crippen molar-refractivity contribution in [2.24, 2.45) is 5.92 Å². The summed E-state index contributed by atoms with van der Waals surface area (Å²) >= 11 is 0. The summed E-state index contributed by atoms with van der Waals surface area (Å²) in [6, 6.07) is 8.85. The largest absolute Gasteiger partial charge is 0.485 e. The van der Waals surface area contributed by atoms with E-state index in [0.717, 1.165) is 24.4 Å².